The second-order valence-corrected chi connectivity index (χ2v) is 5.26. The lowest BCUT2D eigenvalue weighted by atomic mass is 10.1. The molecule has 1 amide bonds. The number of alkyl halides is 3. The molecule has 3 nitrogen and oxygen atoms in total. The van der Waals surface area contributed by atoms with Gasteiger partial charge in [0.25, 0.3) is 5.91 Å². The van der Waals surface area contributed by atoms with Crippen molar-refractivity contribution >= 4 is 22.5 Å². The number of aromatic nitrogens is 1. The van der Waals surface area contributed by atoms with Crippen LogP contribution in [0.2, 0.25) is 0 Å². The first-order valence-corrected chi connectivity index (χ1v) is 7.00. The normalized spacial score (nSPS) is 11.7. The van der Waals surface area contributed by atoms with Gasteiger partial charge in [-0.15, -0.1) is 0 Å². The molecule has 1 N–H and O–H groups in total. The first-order valence-electron chi connectivity index (χ1n) is 7.00. The Hall–Kier alpha value is -2.83. The summed E-state index contributed by atoms with van der Waals surface area (Å²) in [4.78, 5) is 12.4. The van der Waals surface area contributed by atoms with E-state index in [9.17, 15) is 22.4 Å². The predicted octanol–water partition coefficient (Wildman–Crippen LogP) is 4.59. The molecule has 0 aliphatic carbocycles. The first-order chi connectivity index (χ1) is 11.3. The Balaban J connectivity index is 2.00. The number of hydrogen-bond donors (Lipinski definition) is 1. The van der Waals surface area contributed by atoms with Crippen LogP contribution < -0.4 is 5.32 Å². The molecule has 1 heterocycles. The molecule has 24 heavy (non-hydrogen) atoms. The number of carbonyl (C=O) groups is 1. The largest absolute Gasteiger partial charge is 0.418 e. The molecule has 0 atom stereocenters. The van der Waals surface area contributed by atoms with Gasteiger partial charge < -0.3 is 9.88 Å². The minimum atomic E-state index is -4.59. The van der Waals surface area contributed by atoms with Crippen molar-refractivity contribution in [2.45, 2.75) is 6.18 Å². The van der Waals surface area contributed by atoms with E-state index in [1.807, 2.05) is 0 Å². The van der Waals surface area contributed by atoms with Gasteiger partial charge in [0.15, 0.2) is 0 Å². The van der Waals surface area contributed by atoms with Gasteiger partial charge in [0, 0.05) is 12.4 Å². The highest BCUT2D eigenvalue weighted by Crippen LogP contribution is 2.34. The molecule has 1 aromatic heterocycles. The smallest absolute Gasteiger partial charge is 0.340 e. The van der Waals surface area contributed by atoms with Crippen LogP contribution >= 0.6 is 0 Å². The molecule has 7 heteroatoms. The van der Waals surface area contributed by atoms with Crippen molar-refractivity contribution in [3.05, 3.63) is 65.6 Å². The Labute approximate surface area is 134 Å². The molecular formula is C17H12F4N2O. The Morgan fingerprint density at radius 3 is 2.46 bits per heavy atom. The van der Waals surface area contributed by atoms with Gasteiger partial charge in [0.05, 0.1) is 16.8 Å². The van der Waals surface area contributed by atoms with E-state index in [0.717, 1.165) is 6.07 Å². The highest BCUT2D eigenvalue weighted by molar-refractivity contribution is 6.06. The number of anilines is 1. The fourth-order valence-corrected chi connectivity index (χ4v) is 2.57. The maximum Gasteiger partial charge on any atom is 0.418 e. The molecule has 0 bridgehead atoms. The molecule has 124 valence electrons. The predicted molar refractivity (Wildman–Crippen MR) is 82.3 cm³/mol. The van der Waals surface area contributed by atoms with E-state index in [-0.39, 0.29) is 16.8 Å². The van der Waals surface area contributed by atoms with Gasteiger partial charge in [0.1, 0.15) is 11.5 Å². The lowest BCUT2D eigenvalue weighted by Crippen LogP contribution is -2.18. The highest BCUT2D eigenvalue weighted by Gasteiger charge is 2.33. The summed E-state index contributed by atoms with van der Waals surface area (Å²) in [7, 11) is 1.55. The molecule has 3 rings (SSSR count). The second kappa shape index (κ2) is 5.67. The Morgan fingerprint density at radius 2 is 1.79 bits per heavy atom. The summed E-state index contributed by atoms with van der Waals surface area (Å²) in [5.74, 6) is -1.25. The summed E-state index contributed by atoms with van der Waals surface area (Å²) in [6.07, 6.45) is -4.59. The van der Waals surface area contributed by atoms with E-state index in [0.29, 0.717) is 5.52 Å². The number of fused-ring (bicyclic) bond motifs is 1. The summed E-state index contributed by atoms with van der Waals surface area (Å²) >= 11 is 0. The van der Waals surface area contributed by atoms with Crippen molar-refractivity contribution in [3.63, 3.8) is 0 Å². The van der Waals surface area contributed by atoms with Gasteiger partial charge in [-0.2, -0.15) is 13.2 Å². The van der Waals surface area contributed by atoms with Gasteiger partial charge >= 0.3 is 6.18 Å². The van der Waals surface area contributed by atoms with Crippen molar-refractivity contribution in [2.24, 2.45) is 7.05 Å². The third kappa shape index (κ3) is 2.73. The van der Waals surface area contributed by atoms with Crippen LogP contribution in [0.4, 0.5) is 23.2 Å². The van der Waals surface area contributed by atoms with Gasteiger partial charge in [-0.25, -0.2) is 4.39 Å². The van der Waals surface area contributed by atoms with Crippen LogP contribution in [0.3, 0.4) is 0 Å². The highest BCUT2D eigenvalue weighted by atomic mass is 19.4. The average Bonchev–Trinajstić information content (AvgIpc) is 2.86. The SMILES string of the molecule is Cn1c(C(=O)Nc2ccccc2C(F)(F)F)cc2c(F)cccc21. The minimum Gasteiger partial charge on any atom is -0.340 e. The summed E-state index contributed by atoms with van der Waals surface area (Å²) in [6.45, 7) is 0. The van der Waals surface area contributed by atoms with Gasteiger partial charge in [0.2, 0.25) is 0 Å². The summed E-state index contributed by atoms with van der Waals surface area (Å²) in [6, 6.07) is 10.4. The molecule has 0 spiro atoms. The molecule has 2 aromatic carbocycles. The first kappa shape index (κ1) is 16.0. The molecule has 3 aromatic rings. The molecule has 0 saturated carbocycles. The number of benzene rings is 2. The fraction of sp³-hybridized carbons (Fsp3) is 0.118. The summed E-state index contributed by atoms with van der Waals surface area (Å²) in [5, 5.41) is 2.48. The van der Waals surface area contributed by atoms with Crippen molar-refractivity contribution in [2.75, 3.05) is 5.32 Å². The minimum absolute atomic E-state index is 0.0621. The van der Waals surface area contributed by atoms with Crippen LogP contribution in [0, 0.1) is 5.82 Å². The third-order valence-electron chi connectivity index (χ3n) is 3.75. The van der Waals surface area contributed by atoms with Crippen molar-refractivity contribution < 1.29 is 22.4 Å². The van der Waals surface area contributed by atoms with Gasteiger partial charge in [-0.05, 0) is 30.3 Å². The third-order valence-corrected chi connectivity index (χ3v) is 3.75. The zero-order chi connectivity index (χ0) is 17.5. The zero-order valence-electron chi connectivity index (χ0n) is 12.5. The quantitative estimate of drug-likeness (QED) is 0.683. The van der Waals surface area contributed by atoms with Crippen LogP contribution in [-0.2, 0) is 13.2 Å². The number of nitrogens with one attached hydrogen (secondary N) is 1. The Bertz CT molecular complexity index is 928. The van der Waals surface area contributed by atoms with Crippen LogP contribution in [0.1, 0.15) is 16.1 Å². The average molecular weight is 336 g/mol. The fourth-order valence-electron chi connectivity index (χ4n) is 2.57. The van der Waals surface area contributed by atoms with Crippen LogP contribution in [0.15, 0.2) is 48.5 Å². The van der Waals surface area contributed by atoms with Crippen LogP contribution in [-0.4, -0.2) is 10.5 Å². The zero-order valence-corrected chi connectivity index (χ0v) is 12.5. The van der Waals surface area contributed by atoms with Crippen molar-refractivity contribution in [3.8, 4) is 0 Å². The number of aryl methyl sites for hydroxylation is 1. The number of halogens is 4. The van der Waals surface area contributed by atoms with Crippen molar-refractivity contribution in [1.82, 2.24) is 4.57 Å². The van der Waals surface area contributed by atoms with E-state index in [1.54, 1.807) is 13.1 Å². The van der Waals surface area contributed by atoms with Crippen LogP contribution in [0.25, 0.3) is 10.9 Å². The molecule has 0 saturated heterocycles. The molecule has 0 aliphatic rings. The molecule has 0 radical (unpaired) electrons. The summed E-state index contributed by atoms with van der Waals surface area (Å²) in [5.41, 5.74) is -0.750. The number of hydrogen-bond acceptors (Lipinski definition) is 1. The van der Waals surface area contributed by atoms with E-state index in [4.69, 9.17) is 0 Å². The van der Waals surface area contributed by atoms with Gasteiger partial charge in [-0.1, -0.05) is 18.2 Å². The van der Waals surface area contributed by atoms with E-state index in [2.05, 4.69) is 5.32 Å². The van der Waals surface area contributed by atoms with Crippen LogP contribution in [0.5, 0.6) is 0 Å². The lowest BCUT2D eigenvalue weighted by Gasteiger charge is -2.13. The number of para-hydroxylation sites is 1. The topological polar surface area (TPSA) is 34.0 Å². The van der Waals surface area contributed by atoms with Crippen molar-refractivity contribution in [1.29, 1.82) is 0 Å². The molecular weight excluding hydrogens is 324 g/mol. The number of carbonyl (C=O) groups excluding carboxylic acids is 1. The second-order valence-electron chi connectivity index (χ2n) is 5.26. The lowest BCUT2D eigenvalue weighted by molar-refractivity contribution is -0.136. The van der Waals surface area contributed by atoms with E-state index in [1.165, 1.54) is 41.0 Å². The molecule has 0 aliphatic heterocycles. The number of amides is 1. The standard InChI is InChI=1S/C17H12F4N2O/c1-23-14-8-4-6-12(18)10(14)9-15(23)16(24)22-13-7-3-2-5-11(13)17(19,20)21/h2-9H,1H3,(H,22,24). The number of rotatable bonds is 2. The maximum atomic E-state index is 13.8. The maximum absolute atomic E-state index is 13.8. The number of nitrogens with zero attached hydrogens (tertiary/aromatic N) is 1. The molecule has 0 fully saturated rings. The summed E-state index contributed by atoms with van der Waals surface area (Å²) < 4.78 is 54.2. The van der Waals surface area contributed by atoms with Gasteiger partial charge in [-0.3, -0.25) is 4.79 Å². The Morgan fingerprint density at radius 1 is 1.08 bits per heavy atom. The van der Waals surface area contributed by atoms with E-state index >= 15 is 0 Å². The monoisotopic (exact) mass is 336 g/mol. The van der Waals surface area contributed by atoms with E-state index < -0.39 is 23.5 Å². The Kier molecular flexibility index (Phi) is 3.79. The molecule has 0 unspecified atom stereocenters.